The van der Waals surface area contributed by atoms with Gasteiger partial charge in [0.2, 0.25) is 0 Å². The summed E-state index contributed by atoms with van der Waals surface area (Å²) in [5.74, 6) is -1.39. The van der Waals surface area contributed by atoms with Crippen molar-refractivity contribution >= 4 is 0 Å². The van der Waals surface area contributed by atoms with E-state index in [-0.39, 0.29) is 18.8 Å². The molecule has 0 aliphatic rings. The van der Waals surface area contributed by atoms with E-state index in [9.17, 15) is 26.3 Å². The molecule has 0 aromatic rings. The van der Waals surface area contributed by atoms with E-state index in [4.69, 9.17) is 4.74 Å². The van der Waals surface area contributed by atoms with Crippen molar-refractivity contribution in [2.75, 3.05) is 13.2 Å². The Morgan fingerprint density at radius 1 is 1.05 bits per heavy atom. The molecular weight excluding hydrogens is 302 g/mol. The van der Waals surface area contributed by atoms with Gasteiger partial charge in [0.15, 0.2) is 0 Å². The van der Waals surface area contributed by atoms with Gasteiger partial charge in [-0.1, -0.05) is 19.2 Å². The quantitative estimate of drug-likeness (QED) is 0.297. The topological polar surface area (TPSA) is 18.5 Å². The van der Waals surface area contributed by atoms with Gasteiger partial charge in [0.05, 0.1) is 23.9 Å². The highest BCUT2D eigenvalue weighted by molar-refractivity contribution is 5.39. The fraction of sp³-hybridized carbons (Fsp3) is 0.538. The molecule has 0 saturated carbocycles. The number of halogens is 6. The maximum absolute atomic E-state index is 12.7. The number of ether oxygens (including phenoxy) is 2. The Morgan fingerprint density at radius 3 is 1.90 bits per heavy atom. The summed E-state index contributed by atoms with van der Waals surface area (Å²) in [5, 5.41) is 0. The van der Waals surface area contributed by atoms with E-state index in [1.165, 1.54) is 0 Å². The van der Waals surface area contributed by atoms with Crippen LogP contribution in [0, 0.1) is 0 Å². The first-order valence-electron chi connectivity index (χ1n) is 5.86. The zero-order chi connectivity index (χ0) is 16.8. The molecule has 0 atom stereocenters. The normalized spacial score (nSPS) is 14.0. The van der Waals surface area contributed by atoms with Gasteiger partial charge in [0, 0.05) is 0 Å². The van der Waals surface area contributed by atoms with Crippen molar-refractivity contribution in [2.45, 2.75) is 32.3 Å². The van der Waals surface area contributed by atoms with Crippen molar-refractivity contribution in [2.24, 2.45) is 0 Å². The lowest BCUT2D eigenvalue weighted by atomic mass is 10.1. The summed E-state index contributed by atoms with van der Waals surface area (Å²) in [6.45, 7) is 8.19. The lowest BCUT2D eigenvalue weighted by molar-refractivity contribution is -0.103. The monoisotopic (exact) mass is 318 g/mol. The maximum atomic E-state index is 12.7. The summed E-state index contributed by atoms with van der Waals surface area (Å²) in [4.78, 5) is 0. The molecule has 0 radical (unpaired) electrons. The van der Waals surface area contributed by atoms with Gasteiger partial charge in [-0.05, 0) is 13.8 Å². The summed E-state index contributed by atoms with van der Waals surface area (Å²) in [7, 11) is 0. The molecule has 0 aliphatic heterocycles. The Balaban J connectivity index is 5.34. The Morgan fingerprint density at radius 2 is 1.57 bits per heavy atom. The fourth-order valence-corrected chi connectivity index (χ4v) is 1.22. The van der Waals surface area contributed by atoms with Crippen molar-refractivity contribution in [3.8, 4) is 0 Å². The van der Waals surface area contributed by atoms with E-state index < -0.39 is 35.9 Å². The van der Waals surface area contributed by atoms with E-state index in [0.29, 0.717) is 0 Å². The van der Waals surface area contributed by atoms with Gasteiger partial charge in [-0.15, -0.1) is 0 Å². The summed E-state index contributed by atoms with van der Waals surface area (Å²) in [6.07, 6.45) is -10.1. The smallest absolute Gasteiger partial charge is 0.419 e. The Bertz CT molecular complexity index is 404. The van der Waals surface area contributed by atoms with E-state index >= 15 is 0 Å². The largest absolute Gasteiger partial charge is 0.490 e. The Kier molecular flexibility index (Phi) is 7.02. The molecule has 2 nitrogen and oxygen atoms in total. The van der Waals surface area contributed by atoms with Crippen molar-refractivity contribution in [1.82, 2.24) is 0 Å². The highest BCUT2D eigenvalue weighted by Crippen LogP contribution is 2.37. The van der Waals surface area contributed by atoms with Crippen LogP contribution in [-0.2, 0) is 9.47 Å². The lowest BCUT2D eigenvalue weighted by Crippen LogP contribution is -2.22. The molecule has 0 aromatic heterocycles. The number of hydrogen-bond donors (Lipinski definition) is 0. The third-order valence-corrected chi connectivity index (χ3v) is 2.15. The van der Waals surface area contributed by atoms with E-state index in [1.807, 2.05) is 0 Å². The van der Waals surface area contributed by atoms with Crippen LogP contribution in [-0.4, -0.2) is 31.7 Å². The molecule has 0 amide bonds. The first kappa shape index (κ1) is 19.6. The molecule has 0 aliphatic carbocycles. The molecule has 0 unspecified atom stereocenters. The van der Waals surface area contributed by atoms with E-state index in [1.54, 1.807) is 13.8 Å². The van der Waals surface area contributed by atoms with Crippen LogP contribution in [0.3, 0.4) is 0 Å². The third-order valence-electron chi connectivity index (χ3n) is 2.15. The fourth-order valence-electron chi connectivity index (χ4n) is 1.22. The minimum absolute atomic E-state index is 0.158. The zero-order valence-electron chi connectivity index (χ0n) is 11.6. The van der Waals surface area contributed by atoms with Gasteiger partial charge in [-0.25, -0.2) is 0 Å². The lowest BCUT2D eigenvalue weighted by Gasteiger charge is -2.20. The number of rotatable bonds is 7. The van der Waals surface area contributed by atoms with E-state index in [0.717, 1.165) is 0 Å². The van der Waals surface area contributed by atoms with Crippen molar-refractivity contribution < 1.29 is 35.8 Å². The van der Waals surface area contributed by atoms with Crippen LogP contribution in [0.1, 0.15) is 13.8 Å². The average molecular weight is 318 g/mol. The number of hydrogen-bond acceptors (Lipinski definition) is 2. The van der Waals surface area contributed by atoms with Crippen molar-refractivity contribution in [3.63, 3.8) is 0 Å². The van der Waals surface area contributed by atoms with Gasteiger partial charge in [0.1, 0.15) is 12.4 Å². The Labute approximate surface area is 118 Å². The van der Waals surface area contributed by atoms with Crippen LogP contribution in [0.15, 0.2) is 36.1 Å². The van der Waals surface area contributed by atoms with Crippen LogP contribution in [0.5, 0.6) is 0 Å². The summed E-state index contributed by atoms with van der Waals surface area (Å²) < 4.78 is 85.4. The van der Waals surface area contributed by atoms with Crippen LogP contribution < -0.4 is 0 Å². The van der Waals surface area contributed by atoms with E-state index in [2.05, 4.69) is 17.9 Å². The predicted octanol–water partition coefficient (Wildman–Crippen LogP) is 4.55. The van der Waals surface area contributed by atoms with Crippen LogP contribution in [0.4, 0.5) is 26.3 Å². The van der Waals surface area contributed by atoms with Crippen LogP contribution in [0.2, 0.25) is 0 Å². The molecule has 0 rings (SSSR count). The first-order valence-corrected chi connectivity index (χ1v) is 5.86. The van der Waals surface area contributed by atoms with Gasteiger partial charge in [-0.3, -0.25) is 0 Å². The maximum Gasteiger partial charge on any atom is 0.419 e. The molecule has 0 heterocycles. The second kappa shape index (κ2) is 7.53. The SMILES string of the molecule is C=C/C(=C(/OCCOC(C)C)C(=C)C(F)(F)F)C(F)(F)F. The minimum atomic E-state index is -5.05. The van der Waals surface area contributed by atoms with Gasteiger partial charge >= 0.3 is 12.4 Å². The standard InChI is InChI=1S/C13H16F6O2/c1-5-10(13(17,18)19)11(9(4)12(14,15)16)21-7-6-20-8(2)3/h5,8H,1,4,6-7H2,2-3H3/b11-10-. The molecule has 0 aromatic carbocycles. The highest BCUT2D eigenvalue weighted by Gasteiger charge is 2.42. The molecule has 0 spiro atoms. The number of allylic oxidation sites excluding steroid dienone is 3. The van der Waals surface area contributed by atoms with Crippen molar-refractivity contribution in [3.05, 3.63) is 36.1 Å². The molecule has 0 fully saturated rings. The second-order valence-electron chi connectivity index (χ2n) is 4.19. The molecule has 122 valence electrons. The van der Waals surface area contributed by atoms with Gasteiger partial charge in [-0.2, -0.15) is 26.3 Å². The first-order chi connectivity index (χ1) is 9.41. The molecule has 0 saturated heterocycles. The molecule has 0 bridgehead atoms. The van der Waals surface area contributed by atoms with Gasteiger partial charge in [0.25, 0.3) is 0 Å². The summed E-state index contributed by atoms with van der Waals surface area (Å²) in [6, 6.07) is 0. The average Bonchev–Trinajstić information content (AvgIpc) is 2.29. The van der Waals surface area contributed by atoms with Crippen LogP contribution >= 0.6 is 0 Å². The van der Waals surface area contributed by atoms with Gasteiger partial charge < -0.3 is 9.47 Å². The van der Waals surface area contributed by atoms with Crippen LogP contribution in [0.25, 0.3) is 0 Å². The molecule has 21 heavy (non-hydrogen) atoms. The Hall–Kier alpha value is -1.44. The zero-order valence-corrected chi connectivity index (χ0v) is 11.6. The minimum Gasteiger partial charge on any atom is -0.490 e. The number of alkyl halides is 6. The third kappa shape index (κ3) is 6.70. The second-order valence-corrected chi connectivity index (χ2v) is 4.19. The van der Waals surface area contributed by atoms with Crippen molar-refractivity contribution in [1.29, 1.82) is 0 Å². The summed E-state index contributed by atoms with van der Waals surface area (Å²) >= 11 is 0. The molecule has 8 heteroatoms. The predicted molar refractivity (Wildman–Crippen MR) is 65.5 cm³/mol. The molecule has 0 N–H and O–H groups in total. The highest BCUT2D eigenvalue weighted by atomic mass is 19.4. The molecular formula is C13H16F6O2. The summed E-state index contributed by atoms with van der Waals surface area (Å²) in [5.41, 5.74) is -3.35.